The van der Waals surface area contributed by atoms with Crippen LogP contribution in [0.15, 0.2) is 24.3 Å². The van der Waals surface area contributed by atoms with E-state index < -0.39 is 5.97 Å². The molecule has 1 rings (SSSR count). The third-order valence-electron chi connectivity index (χ3n) is 3.64. The first-order valence-electron chi connectivity index (χ1n) is 8.75. The van der Waals surface area contributed by atoms with Crippen LogP contribution in [0.4, 0.5) is 5.69 Å². The van der Waals surface area contributed by atoms with E-state index in [1.165, 1.54) is 57.1 Å². The molecule has 0 saturated carbocycles. The molecule has 0 radical (unpaired) electrons. The van der Waals surface area contributed by atoms with E-state index in [2.05, 4.69) is 6.92 Å². The molecule has 0 bridgehead atoms. The van der Waals surface area contributed by atoms with Gasteiger partial charge in [-0.1, -0.05) is 58.3 Å². The van der Waals surface area contributed by atoms with Crippen molar-refractivity contribution in [2.45, 2.75) is 71.1 Å². The van der Waals surface area contributed by atoms with Crippen molar-refractivity contribution in [2.24, 2.45) is 0 Å². The van der Waals surface area contributed by atoms with Crippen molar-refractivity contribution in [3.63, 3.8) is 0 Å². The topological polar surface area (TPSA) is 80.4 Å². The number of aliphatic carboxylic acids is 1. The van der Waals surface area contributed by atoms with Crippen LogP contribution in [-0.4, -0.2) is 16.0 Å². The number of carboxylic acid groups (broad SMARTS) is 1. The molecular weight excluding hydrogens is 360 g/mol. The molecule has 1 aromatic carbocycles. The number of hydrogen-bond donors (Lipinski definition) is 1. The predicted molar refractivity (Wildman–Crippen MR) is 92.2 cm³/mol. The first-order valence-corrected chi connectivity index (χ1v) is 10.2. The molecule has 0 saturated heterocycles. The van der Waals surface area contributed by atoms with Gasteiger partial charge < -0.3 is 5.11 Å². The van der Waals surface area contributed by atoms with Crippen molar-refractivity contribution in [3.05, 3.63) is 34.4 Å². The van der Waals surface area contributed by atoms with Gasteiger partial charge in [0.15, 0.2) is 0 Å². The number of carbonyl (C=O) groups is 1. The van der Waals surface area contributed by atoms with E-state index >= 15 is 0 Å². The van der Waals surface area contributed by atoms with E-state index in [0.717, 1.165) is 35.3 Å². The van der Waals surface area contributed by atoms with Gasteiger partial charge in [0.2, 0.25) is 0 Å². The number of nitro groups is 1. The monoisotopic (exact) mass is 386 g/mol. The summed E-state index contributed by atoms with van der Waals surface area (Å²) < 4.78 is 1.16. The van der Waals surface area contributed by atoms with Crippen LogP contribution in [0.2, 0.25) is 0 Å². The minimum atomic E-state index is -0.659. The molecule has 131 valence electrons. The molecule has 0 aliphatic carbocycles. The van der Waals surface area contributed by atoms with Gasteiger partial charge >= 0.3 is 73.4 Å². The van der Waals surface area contributed by atoms with Gasteiger partial charge in [0.25, 0.3) is 0 Å². The third-order valence-corrected chi connectivity index (χ3v) is 4.63. The molecule has 6 heteroatoms. The average molecular weight is 388 g/mol. The van der Waals surface area contributed by atoms with Gasteiger partial charge in [-0.3, -0.25) is 4.79 Å². The average Bonchev–Trinajstić information content (AvgIpc) is 2.54. The van der Waals surface area contributed by atoms with Crippen molar-refractivity contribution >= 4 is 15.8 Å². The van der Waals surface area contributed by atoms with Crippen LogP contribution in [0.25, 0.3) is 0 Å². The zero-order valence-corrected chi connectivity index (χ0v) is 17.7. The second kappa shape index (κ2) is 15.3. The molecule has 0 atom stereocenters. The first kappa shape index (κ1) is 22.7. The molecule has 0 amide bonds. The summed E-state index contributed by atoms with van der Waals surface area (Å²) in [5.41, 5.74) is 0.164. The number of unbranched alkanes of at least 4 members (excludes halogenated alkanes) is 8. The summed E-state index contributed by atoms with van der Waals surface area (Å²) in [4.78, 5) is 19.9. The standard InChI is InChI=1S/C12H24O2.C6H4NO2.Zn/c1-2-3-4-5-6-7-8-9-10-11-12(13)14;8-7(9)6-4-2-1-3-5-6;/h2-11H2,1H3,(H,13,14);2-5H;. The zero-order valence-electron chi connectivity index (χ0n) is 14.7. The second-order valence-electron chi connectivity index (χ2n) is 5.90. The molecule has 1 N–H and O–H groups in total. The van der Waals surface area contributed by atoms with E-state index in [1.54, 1.807) is 12.1 Å². The summed E-state index contributed by atoms with van der Waals surface area (Å²) in [5.74, 6) is -0.659. The van der Waals surface area contributed by atoms with Crippen LogP contribution >= 0.6 is 0 Å². The molecule has 1 aromatic rings. The quantitative estimate of drug-likeness (QED) is 0.257. The Morgan fingerprint density at radius 2 is 1.46 bits per heavy atom. The van der Waals surface area contributed by atoms with Gasteiger partial charge in [-0.15, -0.1) is 0 Å². The van der Waals surface area contributed by atoms with E-state index in [9.17, 15) is 14.9 Å². The number of benzene rings is 1. The first-order chi connectivity index (χ1) is 11.5. The Hall–Kier alpha value is -1.29. The molecule has 0 fully saturated rings. The Kier molecular flexibility index (Phi) is 14.4. The number of nitrogens with zero attached hydrogens (tertiary/aromatic N) is 1. The van der Waals surface area contributed by atoms with Gasteiger partial charge in [0, 0.05) is 6.42 Å². The number of non-ortho nitro benzene ring substituents is 1. The Morgan fingerprint density at radius 1 is 1.00 bits per heavy atom. The van der Waals surface area contributed by atoms with E-state index in [-0.39, 0.29) is 10.6 Å². The molecule has 0 aromatic heterocycles. The maximum absolute atomic E-state index is 10.2. The molecule has 5 nitrogen and oxygen atoms in total. The molecule has 0 aliphatic heterocycles. The fourth-order valence-corrected chi connectivity index (χ4v) is 2.70. The predicted octanol–water partition coefficient (Wildman–Crippen LogP) is 4.76. The van der Waals surface area contributed by atoms with Gasteiger partial charge in [0.05, 0.1) is 0 Å². The SMILES string of the molecule is CCCCCCCCCCCC(=O)O.O=[N+]([O-])c1cc[c]([Zn])cc1. The number of nitro benzene ring substituents is 1. The molecule has 0 heterocycles. The Morgan fingerprint density at radius 3 is 1.88 bits per heavy atom. The van der Waals surface area contributed by atoms with E-state index in [0.29, 0.717) is 6.42 Å². The normalized spacial score (nSPS) is 9.96. The van der Waals surface area contributed by atoms with Crippen molar-refractivity contribution in [2.75, 3.05) is 0 Å². The molecule has 0 unspecified atom stereocenters. The molecule has 0 spiro atoms. The summed E-state index contributed by atoms with van der Waals surface area (Å²) in [6, 6.07) is 6.61. The molecule has 0 aliphatic rings. The summed E-state index contributed by atoms with van der Waals surface area (Å²) in [5, 5.41) is 18.5. The van der Waals surface area contributed by atoms with Crippen LogP contribution in [-0.2, 0) is 23.1 Å². The number of hydrogen-bond acceptors (Lipinski definition) is 3. The van der Waals surface area contributed by atoms with Gasteiger partial charge in [-0.2, -0.15) is 0 Å². The van der Waals surface area contributed by atoms with Crippen molar-refractivity contribution in [1.29, 1.82) is 0 Å². The van der Waals surface area contributed by atoms with Gasteiger partial charge in [-0.05, 0) is 6.42 Å². The fourth-order valence-electron chi connectivity index (χ4n) is 2.20. The number of carboxylic acids is 1. The summed E-state index contributed by atoms with van der Waals surface area (Å²) in [6.07, 6.45) is 11.5. The summed E-state index contributed by atoms with van der Waals surface area (Å²) in [6.45, 7) is 2.23. The van der Waals surface area contributed by atoms with Crippen LogP contribution < -0.4 is 4.16 Å². The van der Waals surface area contributed by atoms with Gasteiger partial charge in [-0.25, -0.2) is 0 Å². The maximum atomic E-state index is 10.2. The Balaban J connectivity index is 0.000000463. The summed E-state index contributed by atoms with van der Waals surface area (Å²) in [7, 11) is 0. The van der Waals surface area contributed by atoms with Crippen LogP contribution in [0.3, 0.4) is 0 Å². The second-order valence-corrected chi connectivity index (χ2v) is 7.61. The van der Waals surface area contributed by atoms with Gasteiger partial charge in [0.1, 0.15) is 0 Å². The Labute approximate surface area is 154 Å². The Bertz CT molecular complexity index is 463. The van der Waals surface area contributed by atoms with Crippen molar-refractivity contribution in [3.8, 4) is 0 Å². The van der Waals surface area contributed by atoms with Crippen LogP contribution in [0.1, 0.15) is 71.1 Å². The zero-order chi connectivity index (χ0) is 18.2. The fraction of sp³-hybridized carbons (Fsp3) is 0.611. The summed E-state index contributed by atoms with van der Waals surface area (Å²) >= 11 is 1.04. The molecule has 24 heavy (non-hydrogen) atoms. The number of rotatable bonds is 11. The van der Waals surface area contributed by atoms with Crippen molar-refractivity contribution < 1.29 is 33.1 Å². The van der Waals surface area contributed by atoms with Crippen LogP contribution in [0, 0.1) is 10.1 Å². The minimum absolute atomic E-state index is 0.164. The van der Waals surface area contributed by atoms with Crippen molar-refractivity contribution in [1.82, 2.24) is 0 Å². The molecular formula is C18H28NO4Zn. The van der Waals surface area contributed by atoms with Crippen LogP contribution in [0.5, 0.6) is 0 Å². The van der Waals surface area contributed by atoms with E-state index in [1.807, 2.05) is 0 Å². The van der Waals surface area contributed by atoms with E-state index in [4.69, 9.17) is 5.11 Å². The third kappa shape index (κ3) is 14.3.